The number of benzene rings is 1. The fourth-order valence-electron chi connectivity index (χ4n) is 3.98. The van der Waals surface area contributed by atoms with Crippen LogP contribution in [0, 0.1) is 11.7 Å². The Balaban J connectivity index is 1.55. The van der Waals surface area contributed by atoms with Gasteiger partial charge in [-0.2, -0.15) is 0 Å². The van der Waals surface area contributed by atoms with Crippen molar-refractivity contribution in [3.63, 3.8) is 0 Å². The van der Waals surface area contributed by atoms with Crippen LogP contribution in [0.15, 0.2) is 18.2 Å². The predicted octanol–water partition coefficient (Wildman–Crippen LogP) is 3.46. The molecule has 3 heterocycles. The van der Waals surface area contributed by atoms with E-state index in [1.54, 1.807) is 11.8 Å². The number of hydrogen-bond acceptors (Lipinski definition) is 6. The van der Waals surface area contributed by atoms with Crippen molar-refractivity contribution in [2.24, 2.45) is 5.92 Å². The number of carbonyl (C=O) groups is 1. The zero-order chi connectivity index (χ0) is 22.8. The number of ether oxygens (including phenoxy) is 1. The van der Waals surface area contributed by atoms with Crippen molar-refractivity contribution < 1.29 is 22.7 Å². The van der Waals surface area contributed by atoms with Gasteiger partial charge in [0.2, 0.25) is 11.2 Å². The van der Waals surface area contributed by atoms with Crippen molar-refractivity contribution in [2.75, 3.05) is 31.6 Å². The van der Waals surface area contributed by atoms with E-state index in [0.29, 0.717) is 43.4 Å². The third-order valence-corrected chi connectivity index (χ3v) is 5.83. The molecule has 4 rings (SSSR count). The van der Waals surface area contributed by atoms with E-state index in [1.807, 2.05) is 0 Å². The van der Waals surface area contributed by atoms with Crippen LogP contribution in [0.1, 0.15) is 41.8 Å². The molecule has 0 saturated carbocycles. The molecule has 1 amide bonds. The summed E-state index contributed by atoms with van der Waals surface area (Å²) in [6.07, 6.45) is -2.91. The Morgan fingerprint density at radius 2 is 2.09 bits per heavy atom. The van der Waals surface area contributed by atoms with Gasteiger partial charge in [-0.1, -0.05) is 18.2 Å². The van der Waals surface area contributed by atoms with Crippen molar-refractivity contribution in [3.8, 4) is 0 Å². The Morgan fingerprint density at radius 3 is 2.88 bits per heavy atom. The van der Waals surface area contributed by atoms with Gasteiger partial charge < -0.3 is 20.3 Å². The molecule has 0 aliphatic carbocycles. The molecule has 2 N–H and O–H groups in total. The first kappa shape index (κ1) is 22.8. The average Bonchev–Trinajstić information content (AvgIpc) is 2.99. The van der Waals surface area contributed by atoms with Gasteiger partial charge in [0.15, 0.2) is 0 Å². The molecule has 172 valence electrons. The molecule has 1 aromatic carbocycles. The highest BCUT2D eigenvalue weighted by Gasteiger charge is 2.33. The molecule has 2 aromatic rings. The van der Waals surface area contributed by atoms with E-state index in [2.05, 4.69) is 20.6 Å². The lowest BCUT2D eigenvalue weighted by atomic mass is 10.0. The van der Waals surface area contributed by atoms with Crippen molar-refractivity contribution >= 4 is 23.3 Å². The van der Waals surface area contributed by atoms with Crippen LogP contribution < -0.4 is 10.6 Å². The number of amides is 1. The van der Waals surface area contributed by atoms with E-state index in [0.717, 1.165) is 6.07 Å². The molecule has 1 aromatic heterocycles. The number of carbonyl (C=O) groups excluding carboxylic acids is 1. The molecule has 2 aliphatic rings. The minimum atomic E-state index is -2.91. The first-order valence-electron chi connectivity index (χ1n) is 10.3. The molecule has 32 heavy (non-hydrogen) atoms. The summed E-state index contributed by atoms with van der Waals surface area (Å²) in [5.74, 6) is -0.989. The van der Waals surface area contributed by atoms with E-state index in [1.165, 1.54) is 12.1 Å². The Morgan fingerprint density at radius 1 is 1.31 bits per heavy atom. The minimum Gasteiger partial charge on any atom is -0.379 e. The third kappa shape index (κ3) is 4.67. The topological polar surface area (TPSA) is 79.4 Å². The predicted molar refractivity (Wildman–Crippen MR) is 112 cm³/mol. The van der Waals surface area contributed by atoms with Gasteiger partial charge >= 0.3 is 0 Å². The van der Waals surface area contributed by atoms with E-state index >= 15 is 0 Å². The summed E-state index contributed by atoms with van der Waals surface area (Å²) in [6.45, 7) is 4.29. The molecule has 7 nitrogen and oxygen atoms in total. The SMILES string of the molecule is C[C@@H](Nc1nc(Cl)nc2c1CN(C(=O)C1CNCCOC1)C2)c1cccc(C(F)F)c1F. The second kappa shape index (κ2) is 9.60. The van der Waals surface area contributed by atoms with Gasteiger partial charge in [0, 0.05) is 24.2 Å². The summed E-state index contributed by atoms with van der Waals surface area (Å²) in [7, 11) is 0. The summed E-state index contributed by atoms with van der Waals surface area (Å²) in [5.41, 5.74) is 0.692. The standard InChI is InChI=1S/C21H23ClF3N5O2/c1-11(13-3-2-4-14(17(13)23)18(24)25)27-19-15-8-30(9-16(15)28-21(22)29-19)20(31)12-7-26-5-6-32-10-12/h2-4,11-12,18,26H,5-10H2,1H3,(H,27,28,29)/t11-,12?/m1/s1. The largest absolute Gasteiger partial charge is 0.379 e. The molecule has 0 bridgehead atoms. The highest BCUT2D eigenvalue weighted by molar-refractivity contribution is 6.28. The van der Waals surface area contributed by atoms with Crippen LogP contribution in [0.2, 0.25) is 5.28 Å². The van der Waals surface area contributed by atoms with Gasteiger partial charge in [-0.25, -0.2) is 23.1 Å². The first-order valence-corrected chi connectivity index (χ1v) is 10.7. The zero-order valence-corrected chi connectivity index (χ0v) is 18.1. The second-order valence-corrected chi connectivity index (χ2v) is 8.19. The molecule has 1 saturated heterocycles. The van der Waals surface area contributed by atoms with Crippen molar-refractivity contribution in [1.29, 1.82) is 0 Å². The van der Waals surface area contributed by atoms with E-state index in [9.17, 15) is 18.0 Å². The smallest absolute Gasteiger partial charge is 0.266 e. The normalized spacial score (nSPS) is 19.6. The molecular weight excluding hydrogens is 447 g/mol. The third-order valence-electron chi connectivity index (χ3n) is 5.66. The van der Waals surface area contributed by atoms with Crippen LogP contribution in [0.4, 0.5) is 19.0 Å². The van der Waals surface area contributed by atoms with Crippen molar-refractivity contribution in [2.45, 2.75) is 32.5 Å². The Labute approximate surface area is 188 Å². The van der Waals surface area contributed by atoms with Crippen molar-refractivity contribution in [1.82, 2.24) is 20.2 Å². The number of halogens is 4. The highest BCUT2D eigenvalue weighted by Crippen LogP contribution is 2.33. The maximum Gasteiger partial charge on any atom is 0.266 e. The summed E-state index contributed by atoms with van der Waals surface area (Å²) >= 11 is 6.08. The molecule has 0 spiro atoms. The van der Waals surface area contributed by atoms with E-state index in [-0.39, 0.29) is 35.8 Å². The molecule has 2 atom stereocenters. The lowest BCUT2D eigenvalue weighted by molar-refractivity contribution is -0.137. The minimum absolute atomic E-state index is 0.0194. The number of aromatic nitrogens is 2. The van der Waals surface area contributed by atoms with Crippen LogP contribution in [0.3, 0.4) is 0 Å². The van der Waals surface area contributed by atoms with E-state index < -0.39 is 23.8 Å². The number of nitrogens with one attached hydrogen (secondary N) is 2. The highest BCUT2D eigenvalue weighted by atomic mass is 35.5. The van der Waals surface area contributed by atoms with Gasteiger partial charge in [-0.15, -0.1) is 0 Å². The summed E-state index contributed by atoms with van der Waals surface area (Å²) in [6, 6.07) is 3.22. The van der Waals surface area contributed by atoms with Gasteiger partial charge in [0.1, 0.15) is 11.6 Å². The monoisotopic (exact) mass is 469 g/mol. The van der Waals surface area contributed by atoms with Gasteiger partial charge in [-0.05, 0) is 18.5 Å². The molecule has 11 heteroatoms. The Hall–Kier alpha value is -2.43. The Bertz CT molecular complexity index is 1000. The lowest BCUT2D eigenvalue weighted by Gasteiger charge is -2.22. The lowest BCUT2D eigenvalue weighted by Crippen LogP contribution is -2.38. The van der Waals surface area contributed by atoms with E-state index in [4.69, 9.17) is 16.3 Å². The zero-order valence-electron chi connectivity index (χ0n) is 17.4. The molecule has 2 aliphatic heterocycles. The number of anilines is 1. The first-order chi connectivity index (χ1) is 15.3. The average molecular weight is 470 g/mol. The maximum atomic E-state index is 14.6. The fourth-order valence-corrected chi connectivity index (χ4v) is 4.16. The van der Waals surface area contributed by atoms with Gasteiger partial charge in [0.25, 0.3) is 6.43 Å². The summed E-state index contributed by atoms with van der Waals surface area (Å²) in [5, 5.41) is 6.22. The quantitative estimate of drug-likeness (QED) is 0.653. The fraction of sp³-hybridized carbons (Fsp3) is 0.476. The van der Waals surface area contributed by atoms with Crippen LogP contribution in [-0.4, -0.2) is 47.1 Å². The molecular formula is C21H23ClF3N5O2. The number of rotatable bonds is 5. The van der Waals surface area contributed by atoms with Crippen LogP contribution in [-0.2, 0) is 22.6 Å². The van der Waals surface area contributed by atoms with Gasteiger partial charge in [-0.3, -0.25) is 4.79 Å². The van der Waals surface area contributed by atoms with Crippen molar-refractivity contribution in [3.05, 3.63) is 51.7 Å². The Kier molecular flexibility index (Phi) is 6.82. The number of alkyl halides is 2. The number of fused-ring (bicyclic) bond motifs is 1. The van der Waals surface area contributed by atoms with Crippen LogP contribution in [0.25, 0.3) is 0 Å². The number of nitrogens with zero attached hydrogens (tertiary/aromatic N) is 3. The second-order valence-electron chi connectivity index (χ2n) is 7.85. The molecule has 1 fully saturated rings. The molecule has 0 radical (unpaired) electrons. The maximum absolute atomic E-state index is 14.6. The summed E-state index contributed by atoms with van der Waals surface area (Å²) in [4.78, 5) is 23.1. The van der Waals surface area contributed by atoms with Gasteiger partial charge in [0.05, 0.1) is 49.5 Å². The number of hydrogen-bond donors (Lipinski definition) is 2. The van der Waals surface area contributed by atoms with Crippen LogP contribution in [0.5, 0.6) is 0 Å². The summed E-state index contributed by atoms with van der Waals surface area (Å²) < 4.78 is 46.2. The molecule has 1 unspecified atom stereocenters. The van der Waals surface area contributed by atoms with Crippen LogP contribution >= 0.6 is 11.6 Å².